The summed E-state index contributed by atoms with van der Waals surface area (Å²) >= 11 is 0. The second kappa shape index (κ2) is 4.64. The van der Waals surface area contributed by atoms with Crippen molar-refractivity contribution >= 4 is 17.9 Å². The molecule has 3 rings (SSSR count). The fourth-order valence-corrected chi connectivity index (χ4v) is 2.11. The van der Waals surface area contributed by atoms with Gasteiger partial charge in [-0.25, -0.2) is 4.99 Å². The van der Waals surface area contributed by atoms with E-state index in [0.717, 1.165) is 36.2 Å². The molecular weight excluding hydrogens is 228 g/mol. The molecule has 1 fully saturated rings. The van der Waals surface area contributed by atoms with Crippen LogP contribution in [0.3, 0.4) is 0 Å². The third-order valence-electron chi connectivity index (χ3n) is 3.06. The van der Waals surface area contributed by atoms with Gasteiger partial charge >= 0.3 is 0 Å². The maximum atomic E-state index is 11.4. The molecule has 1 amide bonds. The van der Waals surface area contributed by atoms with Crippen LogP contribution < -0.4 is 5.32 Å². The number of hydrogen-bond donors (Lipinski definition) is 1. The maximum absolute atomic E-state index is 11.4. The van der Waals surface area contributed by atoms with Crippen LogP contribution in [0.4, 0.5) is 0 Å². The van der Waals surface area contributed by atoms with Crippen LogP contribution in [0.1, 0.15) is 17.5 Å². The zero-order valence-corrected chi connectivity index (χ0v) is 9.98. The Kier molecular flexibility index (Phi) is 2.84. The molecule has 2 aliphatic rings. The predicted molar refractivity (Wildman–Crippen MR) is 69.4 cm³/mol. The Morgan fingerprint density at radius 2 is 2.11 bits per heavy atom. The molecule has 0 atom stereocenters. The lowest BCUT2D eigenvalue weighted by Crippen LogP contribution is -2.13. The lowest BCUT2D eigenvalue weighted by Gasteiger charge is -2.02. The third kappa shape index (κ3) is 2.14. The number of amides is 1. The van der Waals surface area contributed by atoms with Gasteiger partial charge < -0.3 is 10.1 Å². The minimum Gasteiger partial charge on any atom is -0.476 e. The maximum Gasteiger partial charge on any atom is 0.247 e. The average molecular weight is 242 g/mol. The van der Waals surface area contributed by atoms with Crippen LogP contribution in [0.2, 0.25) is 0 Å². The summed E-state index contributed by atoms with van der Waals surface area (Å²) in [5.74, 6) is 0.760. The van der Waals surface area contributed by atoms with Crippen LogP contribution in [0.5, 0.6) is 0 Å². The van der Waals surface area contributed by atoms with Crippen LogP contribution in [0.25, 0.3) is 6.08 Å². The van der Waals surface area contributed by atoms with Gasteiger partial charge in [-0.15, -0.1) is 0 Å². The smallest absolute Gasteiger partial charge is 0.247 e. The van der Waals surface area contributed by atoms with Crippen molar-refractivity contribution in [2.24, 2.45) is 4.99 Å². The van der Waals surface area contributed by atoms with Crippen molar-refractivity contribution in [2.45, 2.75) is 6.42 Å². The van der Waals surface area contributed by atoms with E-state index in [0.29, 0.717) is 12.5 Å². The lowest BCUT2D eigenvalue weighted by atomic mass is 10.1. The van der Waals surface area contributed by atoms with Crippen LogP contribution >= 0.6 is 0 Å². The Balaban J connectivity index is 1.81. The van der Waals surface area contributed by atoms with E-state index in [9.17, 15) is 4.79 Å². The first kappa shape index (κ1) is 11.0. The van der Waals surface area contributed by atoms with Gasteiger partial charge in [0.05, 0.1) is 6.54 Å². The minimum atomic E-state index is 0.0441. The highest BCUT2D eigenvalue weighted by Gasteiger charge is 2.15. The van der Waals surface area contributed by atoms with Gasteiger partial charge in [0.2, 0.25) is 11.8 Å². The Morgan fingerprint density at radius 3 is 2.72 bits per heavy atom. The first-order chi connectivity index (χ1) is 8.83. The highest BCUT2D eigenvalue weighted by atomic mass is 16.5. The van der Waals surface area contributed by atoms with Gasteiger partial charge in [-0.1, -0.05) is 12.1 Å². The van der Waals surface area contributed by atoms with Gasteiger partial charge in [-0.2, -0.15) is 0 Å². The van der Waals surface area contributed by atoms with Gasteiger partial charge in [0, 0.05) is 17.7 Å². The van der Waals surface area contributed by atoms with E-state index in [2.05, 4.69) is 10.3 Å². The summed E-state index contributed by atoms with van der Waals surface area (Å²) in [6.07, 6.45) is 2.74. The van der Waals surface area contributed by atoms with Crippen molar-refractivity contribution in [2.75, 3.05) is 19.7 Å². The van der Waals surface area contributed by atoms with E-state index in [1.54, 1.807) is 0 Å². The molecule has 2 aliphatic heterocycles. The number of carbonyl (C=O) groups is 1. The summed E-state index contributed by atoms with van der Waals surface area (Å²) in [7, 11) is 0. The fraction of sp³-hybridized carbons (Fsp3) is 0.286. The molecule has 0 aromatic heterocycles. The third-order valence-corrected chi connectivity index (χ3v) is 3.06. The lowest BCUT2D eigenvalue weighted by molar-refractivity contribution is -0.116. The summed E-state index contributed by atoms with van der Waals surface area (Å²) in [6.45, 7) is 2.15. The number of benzene rings is 1. The second-order valence-corrected chi connectivity index (χ2v) is 4.33. The van der Waals surface area contributed by atoms with E-state index in [-0.39, 0.29) is 5.91 Å². The summed E-state index contributed by atoms with van der Waals surface area (Å²) < 4.78 is 5.40. The molecule has 1 aromatic rings. The van der Waals surface area contributed by atoms with Crippen molar-refractivity contribution in [3.8, 4) is 0 Å². The van der Waals surface area contributed by atoms with Crippen LogP contribution in [0.15, 0.2) is 34.8 Å². The van der Waals surface area contributed by atoms with Crippen LogP contribution in [-0.4, -0.2) is 31.5 Å². The monoisotopic (exact) mass is 242 g/mol. The zero-order valence-electron chi connectivity index (χ0n) is 9.98. The number of nitrogens with zero attached hydrogens (tertiary/aromatic N) is 1. The topological polar surface area (TPSA) is 50.7 Å². The van der Waals surface area contributed by atoms with E-state index < -0.39 is 0 Å². The second-order valence-electron chi connectivity index (χ2n) is 4.33. The molecule has 92 valence electrons. The van der Waals surface area contributed by atoms with Gasteiger partial charge in [0.25, 0.3) is 0 Å². The molecule has 4 nitrogen and oxygen atoms in total. The van der Waals surface area contributed by atoms with Crippen LogP contribution in [-0.2, 0) is 9.53 Å². The Bertz CT molecular complexity index is 529. The molecule has 1 N–H and O–H groups in total. The highest BCUT2D eigenvalue weighted by Crippen LogP contribution is 2.15. The standard InChI is InChI=1S/C14H14N2O2/c17-13-12(5-6-15-13)9-10-1-3-11(4-2-10)14-16-7-8-18-14/h1-4,9H,5-8H2,(H,15,17)/b12-9-. The van der Waals surface area contributed by atoms with Gasteiger partial charge in [-0.05, 0) is 30.2 Å². The SMILES string of the molecule is O=C1NCC/C1=C/c1ccc(C2=NCCO2)cc1. The molecule has 0 saturated carbocycles. The molecule has 1 saturated heterocycles. The Morgan fingerprint density at radius 1 is 1.28 bits per heavy atom. The summed E-state index contributed by atoms with van der Waals surface area (Å²) in [4.78, 5) is 15.7. The minimum absolute atomic E-state index is 0.0441. The van der Waals surface area contributed by atoms with Gasteiger partial charge in [-0.3, -0.25) is 4.79 Å². The number of nitrogens with one attached hydrogen (secondary N) is 1. The first-order valence-electron chi connectivity index (χ1n) is 6.09. The molecule has 18 heavy (non-hydrogen) atoms. The van der Waals surface area contributed by atoms with Gasteiger partial charge in [0.15, 0.2) is 0 Å². The Hall–Kier alpha value is -2.10. The summed E-state index contributed by atoms with van der Waals surface area (Å²) in [5.41, 5.74) is 2.87. The molecule has 0 radical (unpaired) electrons. The van der Waals surface area contributed by atoms with E-state index in [1.807, 2.05) is 30.3 Å². The molecule has 1 aromatic carbocycles. The number of hydrogen-bond acceptors (Lipinski definition) is 3. The van der Waals surface area contributed by atoms with Crippen molar-refractivity contribution in [1.29, 1.82) is 0 Å². The fourth-order valence-electron chi connectivity index (χ4n) is 2.11. The molecule has 0 spiro atoms. The average Bonchev–Trinajstić information content (AvgIpc) is 3.03. The number of ether oxygens (including phenoxy) is 1. The van der Waals surface area contributed by atoms with Gasteiger partial charge in [0.1, 0.15) is 6.61 Å². The summed E-state index contributed by atoms with van der Waals surface area (Å²) in [6, 6.07) is 7.92. The number of aliphatic imine (C=N–C) groups is 1. The molecular formula is C14H14N2O2. The summed E-state index contributed by atoms with van der Waals surface area (Å²) in [5, 5.41) is 2.80. The van der Waals surface area contributed by atoms with E-state index in [1.165, 1.54) is 0 Å². The van der Waals surface area contributed by atoms with E-state index >= 15 is 0 Å². The first-order valence-corrected chi connectivity index (χ1v) is 6.09. The van der Waals surface area contributed by atoms with Crippen molar-refractivity contribution < 1.29 is 9.53 Å². The van der Waals surface area contributed by atoms with Crippen molar-refractivity contribution in [3.63, 3.8) is 0 Å². The van der Waals surface area contributed by atoms with Crippen LogP contribution in [0, 0.1) is 0 Å². The quantitative estimate of drug-likeness (QED) is 0.796. The van der Waals surface area contributed by atoms with E-state index in [4.69, 9.17) is 4.74 Å². The van der Waals surface area contributed by atoms with Crippen molar-refractivity contribution in [1.82, 2.24) is 5.32 Å². The zero-order chi connectivity index (χ0) is 12.4. The predicted octanol–water partition coefficient (Wildman–Crippen LogP) is 1.37. The molecule has 0 unspecified atom stereocenters. The normalized spacial score (nSPS) is 20.8. The molecule has 2 heterocycles. The molecule has 0 bridgehead atoms. The number of carbonyl (C=O) groups excluding carboxylic acids is 1. The number of rotatable bonds is 2. The molecule has 4 heteroatoms. The Labute approximate surface area is 105 Å². The highest BCUT2D eigenvalue weighted by molar-refractivity contribution is 6.00. The van der Waals surface area contributed by atoms with Crippen molar-refractivity contribution in [3.05, 3.63) is 41.0 Å². The molecule has 0 aliphatic carbocycles. The largest absolute Gasteiger partial charge is 0.476 e.